The average Bonchev–Trinajstić information content (AvgIpc) is 2.93. The van der Waals surface area contributed by atoms with Crippen molar-refractivity contribution in [3.05, 3.63) is 56.6 Å². The number of rotatable bonds is 15. The Balaban J connectivity index is 1.75. The number of aryl methyl sites for hydroxylation is 4. The highest BCUT2D eigenvalue weighted by molar-refractivity contribution is 5.77. The van der Waals surface area contributed by atoms with Gasteiger partial charge < -0.3 is 30.4 Å². The van der Waals surface area contributed by atoms with Gasteiger partial charge in [-0.05, 0) is 97.9 Å². The maximum absolute atomic E-state index is 12.2. The van der Waals surface area contributed by atoms with E-state index in [4.69, 9.17) is 30.4 Å². The third-order valence-corrected chi connectivity index (χ3v) is 7.20. The zero-order valence-electron chi connectivity index (χ0n) is 25.6. The molecule has 230 valence electrons. The van der Waals surface area contributed by atoms with Crippen molar-refractivity contribution < 1.29 is 38.1 Å². The van der Waals surface area contributed by atoms with Crippen molar-refractivity contribution in [2.45, 2.75) is 93.3 Å². The van der Waals surface area contributed by atoms with E-state index >= 15 is 0 Å². The number of carbonyl (C=O) groups is 4. The van der Waals surface area contributed by atoms with Crippen LogP contribution in [0.1, 0.15) is 84.0 Å². The van der Waals surface area contributed by atoms with Gasteiger partial charge in [0.25, 0.3) is 0 Å². The van der Waals surface area contributed by atoms with Gasteiger partial charge in [-0.25, -0.2) is 0 Å². The summed E-state index contributed by atoms with van der Waals surface area (Å²) in [7, 11) is 0. The summed E-state index contributed by atoms with van der Waals surface area (Å²) in [5.74, 6) is -1.69. The Bertz CT molecular complexity index is 1200. The molecule has 10 nitrogen and oxygen atoms in total. The Hall–Kier alpha value is -4.08. The minimum Gasteiger partial charge on any atom is -0.466 e. The summed E-state index contributed by atoms with van der Waals surface area (Å²) in [5, 5.41) is 0. The summed E-state index contributed by atoms with van der Waals surface area (Å²) in [6.07, 6.45) is 2.22. The Labute approximate surface area is 248 Å². The molecule has 0 amide bonds. The van der Waals surface area contributed by atoms with Crippen molar-refractivity contribution in [1.82, 2.24) is 0 Å². The van der Waals surface area contributed by atoms with Crippen molar-refractivity contribution in [3.63, 3.8) is 0 Å². The van der Waals surface area contributed by atoms with Gasteiger partial charge in [0.1, 0.15) is 13.2 Å². The topological polar surface area (TPSA) is 157 Å². The summed E-state index contributed by atoms with van der Waals surface area (Å²) in [6.45, 7) is 11.0. The van der Waals surface area contributed by atoms with Crippen molar-refractivity contribution in [2.24, 2.45) is 0 Å². The lowest BCUT2D eigenvalue weighted by Gasteiger charge is -2.17. The lowest BCUT2D eigenvalue weighted by atomic mass is 9.94. The standard InChI is InChI=1S/C32H44N2O8/c1-19-15-25(27(17-41-23(5)35)21(3)31(19)33)9-7-13-39-29(37)11-12-30(38)40-14-8-10-26-16-20(2)32(34)22(4)28(26)18-42-24(6)36/h15-16H,7-14,17-18,33-34H2,1-6H3. The van der Waals surface area contributed by atoms with Gasteiger partial charge in [0, 0.05) is 25.2 Å². The average molecular weight is 585 g/mol. The van der Waals surface area contributed by atoms with Crippen LogP contribution in [0.4, 0.5) is 11.4 Å². The van der Waals surface area contributed by atoms with Crippen LogP contribution in [0, 0.1) is 27.7 Å². The first-order valence-corrected chi connectivity index (χ1v) is 14.1. The molecule has 4 N–H and O–H groups in total. The molecule has 10 heteroatoms. The molecule has 42 heavy (non-hydrogen) atoms. The van der Waals surface area contributed by atoms with Crippen LogP contribution in [0.2, 0.25) is 0 Å². The van der Waals surface area contributed by atoms with Gasteiger partial charge in [-0.3, -0.25) is 19.2 Å². The molecule has 0 aliphatic carbocycles. The van der Waals surface area contributed by atoms with Crippen molar-refractivity contribution in [2.75, 3.05) is 24.7 Å². The SMILES string of the molecule is CC(=O)OCc1c(CCCOC(=O)CCC(=O)OCCCc2cc(C)c(N)c(C)c2COC(C)=O)cc(C)c(N)c1C. The number of ether oxygens (including phenoxy) is 4. The number of nitrogens with two attached hydrogens (primary N) is 2. The summed E-state index contributed by atoms with van der Waals surface area (Å²) in [6, 6.07) is 3.94. The third kappa shape index (κ3) is 10.4. The molecule has 0 saturated heterocycles. The number of benzene rings is 2. The number of hydrogen-bond acceptors (Lipinski definition) is 10. The number of nitrogen functional groups attached to an aromatic ring is 2. The first kappa shape index (κ1) is 34.1. The Morgan fingerprint density at radius 3 is 1.31 bits per heavy atom. The highest BCUT2D eigenvalue weighted by Gasteiger charge is 2.15. The highest BCUT2D eigenvalue weighted by Crippen LogP contribution is 2.28. The highest BCUT2D eigenvalue weighted by atomic mass is 16.5. The molecule has 0 saturated carbocycles. The van der Waals surface area contributed by atoms with Gasteiger partial charge in [-0.1, -0.05) is 12.1 Å². The van der Waals surface area contributed by atoms with Crippen LogP contribution >= 0.6 is 0 Å². The molecule has 0 radical (unpaired) electrons. The molecule has 0 atom stereocenters. The molecule has 0 aromatic heterocycles. The number of anilines is 2. The smallest absolute Gasteiger partial charge is 0.306 e. The summed E-state index contributed by atoms with van der Waals surface area (Å²) in [4.78, 5) is 46.9. The normalized spacial score (nSPS) is 10.7. The molecule has 0 bridgehead atoms. The molecular formula is C32H44N2O8. The summed E-state index contributed by atoms with van der Waals surface area (Å²) in [5.41, 5.74) is 21.0. The first-order chi connectivity index (χ1) is 19.8. The molecule has 2 rings (SSSR count). The molecule has 0 heterocycles. The third-order valence-electron chi connectivity index (χ3n) is 7.20. The van der Waals surface area contributed by atoms with Gasteiger partial charge in [-0.2, -0.15) is 0 Å². The van der Waals surface area contributed by atoms with E-state index in [1.165, 1.54) is 13.8 Å². The quantitative estimate of drug-likeness (QED) is 0.131. The second-order valence-electron chi connectivity index (χ2n) is 10.4. The molecule has 0 aliphatic heterocycles. The van der Waals surface area contributed by atoms with E-state index in [2.05, 4.69) is 0 Å². The second kappa shape index (κ2) is 16.4. The Morgan fingerprint density at radius 2 is 0.976 bits per heavy atom. The van der Waals surface area contributed by atoms with E-state index in [0.717, 1.165) is 44.5 Å². The van der Waals surface area contributed by atoms with E-state index in [1.807, 2.05) is 39.8 Å². The monoisotopic (exact) mass is 584 g/mol. The molecule has 0 spiro atoms. The Morgan fingerprint density at radius 1 is 0.619 bits per heavy atom. The largest absolute Gasteiger partial charge is 0.466 e. The van der Waals surface area contributed by atoms with Crippen molar-refractivity contribution in [3.8, 4) is 0 Å². The number of carbonyl (C=O) groups excluding carboxylic acids is 4. The maximum Gasteiger partial charge on any atom is 0.306 e. The predicted molar refractivity (Wildman–Crippen MR) is 159 cm³/mol. The fourth-order valence-corrected chi connectivity index (χ4v) is 4.69. The lowest BCUT2D eigenvalue weighted by Crippen LogP contribution is -2.13. The van der Waals surface area contributed by atoms with E-state index in [0.29, 0.717) is 37.1 Å². The maximum atomic E-state index is 12.2. The zero-order chi connectivity index (χ0) is 31.4. The number of hydrogen-bond donors (Lipinski definition) is 2. The molecule has 2 aromatic carbocycles. The minimum atomic E-state index is -0.473. The molecular weight excluding hydrogens is 540 g/mol. The van der Waals surface area contributed by atoms with Crippen LogP contribution in [0.3, 0.4) is 0 Å². The summed E-state index contributed by atoms with van der Waals surface area (Å²) < 4.78 is 21.0. The van der Waals surface area contributed by atoms with Gasteiger partial charge in [-0.15, -0.1) is 0 Å². The van der Waals surface area contributed by atoms with Crippen LogP contribution in [0.25, 0.3) is 0 Å². The molecule has 0 unspecified atom stereocenters. The van der Waals surface area contributed by atoms with Crippen LogP contribution in [0.5, 0.6) is 0 Å². The Kier molecular flexibility index (Phi) is 13.3. The minimum absolute atomic E-state index is 0.0699. The first-order valence-electron chi connectivity index (χ1n) is 14.1. The zero-order valence-corrected chi connectivity index (χ0v) is 25.6. The predicted octanol–water partition coefficient (Wildman–Crippen LogP) is 4.64. The molecule has 0 fully saturated rings. The second-order valence-corrected chi connectivity index (χ2v) is 10.4. The van der Waals surface area contributed by atoms with Crippen molar-refractivity contribution in [1.29, 1.82) is 0 Å². The molecule has 2 aromatic rings. The van der Waals surface area contributed by atoms with Crippen LogP contribution < -0.4 is 11.5 Å². The van der Waals surface area contributed by atoms with Crippen LogP contribution in [0.15, 0.2) is 12.1 Å². The molecule has 0 aliphatic rings. The van der Waals surface area contributed by atoms with Gasteiger partial charge in [0.15, 0.2) is 0 Å². The van der Waals surface area contributed by atoms with E-state index < -0.39 is 11.9 Å². The summed E-state index contributed by atoms with van der Waals surface area (Å²) >= 11 is 0. The van der Waals surface area contributed by atoms with Gasteiger partial charge >= 0.3 is 23.9 Å². The van der Waals surface area contributed by atoms with Crippen LogP contribution in [-0.4, -0.2) is 37.1 Å². The van der Waals surface area contributed by atoms with Gasteiger partial charge in [0.05, 0.1) is 26.1 Å². The van der Waals surface area contributed by atoms with E-state index in [1.54, 1.807) is 0 Å². The van der Waals surface area contributed by atoms with Crippen LogP contribution in [-0.2, 0) is 64.2 Å². The van der Waals surface area contributed by atoms with Crippen molar-refractivity contribution >= 4 is 35.3 Å². The van der Waals surface area contributed by atoms with Gasteiger partial charge in [0.2, 0.25) is 0 Å². The lowest BCUT2D eigenvalue weighted by molar-refractivity contribution is -0.150. The fourth-order valence-electron chi connectivity index (χ4n) is 4.69. The van der Waals surface area contributed by atoms with E-state index in [9.17, 15) is 19.2 Å². The fraction of sp³-hybridized carbons (Fsp3) is 0.500. The van der Waals surface area contributed by atoms with E-state index in [-0.39, 0.29) is 51.2 Å². The number of esters is 4.